The molecule has 0 radical (unpaired) electrons. The fourth-order valence-electron chi connectivity index (χ4n) is 1.47. The van der Waals surface area contributed by atoms with Crippen LogP contribution >= 0.6 is 0 Å². The molecule has 6 heteroatoms. The van der Waals surface area contributed by atoms with E-state index in [2.05, 4.69) is 20.8 Å². The van der Waals surface area contributed by atoms with Crippen molar-refractivity contribution in [2.24, 2.45) is 5.92 Å². The van der Waals surface area contributed by atoms with E-state index in [0.29, 0.717) is 18.9 Å². The van der Waals surface area contributed by atoms with Crippen LogP contribution < -0.4 is 4.90 Å². The molecule has 6 nitrogen and oxygen atoms in total. The van der Waals surface area contributed by atoms with Crippen molar-refractivity contribution in [2.75, 3.05) is 25.1 Å². The minimum atomic E-state index is -0.520. The van der Waals surface area contributed by atoms with Gasteiger partial charge < -0.3 is 9.64 Å². The van der Waals surface area contributed by atoms with Crippen LogP contribution in [0, 0.1) is 17.2 Å². The second-order valence-electron chi connectivity index (χ2n) is 3.82. The smallest absolute Gasteiger partial charge is 0.358 e. The van der Waals surface area contributed by atoms with Gasteiger partial charge >= 0.3 is 5.97 Å². The van der Waals surface area contributed by atoms with Gasteiger partial charge in [0.2, 0.25) is 0 Å². The van der Waals surface area contributed by atoms with Crippen molar-refractivity contribution in [1.82, 2.24) is 9.97 Å². The van der Waals surface area contributed by atoms with E-state index in [1.54, 1.807) is 6.20 Å². The zero-order chi connectivity index (χ0) is 13.5. The van der Waals surface area contributed by atoms with Crippen LogP contribution in [0.5, 0.6) is 0 Å². The molecular formula is C12H16N4O2. The molecule has 0 fully saturated rings. The monoisotopic (exact) mass is 248 g/mol. The number of esters is 1. The van der Waals surface area contributed by atoms with Gasteiger partial charge in [0.15, 0.2) is 5.69 Å². The highest BCUT2D eigenvalue weighted by atomic mass is 16.5. The molecule has 1 unspecified atom stereocenters. The lowest BCUT2D eigenvalue weighted by Crippen LogP contribution is -2.29. The molecule has 0 N–H and O–H groups in total. The van der Waals surface area contributed by atoms with Gasteiger partial charge in [-0.2, -0.15) is 5.26 Å². The van der Waals surface area contributed by atoms with Gasteiger partial charge in [-0.1, -0.05) is 0 Å². The van der Waals surface area contributed by atoms with E-state index in [4.69, 9.17) is 5.26 Å². The Kier molecular flexibility index (Phi) is 5.06. The third kappa shape index (κ3) is 3.42. The van der Waals surface area contributed by atoms with Crippen molar-refractivity contribution >= 4 is 11.8 Å². The molecule has 0 aliphatic carbocycles. The average molecular weight is 248 g/mol. The summed E-state index contributed by atoms with van der Waals surface area (Å²) in [6.07, 6.45) is 2.93. The number of ether oxygens (including phenoxy) is 1. The lowest BCUT2D eigenvalue weighted by Gasteiger charge is -2.22. The van der Waals surface area contributed by atoms with E-state index in [-0.39, 0.29) is 11.6 Å². The lowest BCUT2D eigenvalue weighted by molar-refractivity contribution is 0.0593. The number of hydrogen-bond donors (Lipinski definition) is 0. The maximum atomic E-state index is 11.4. The highest BCUT2D eigenvalue weighted by Gasteiger charge is 2.14. The third-order valence-corrected chi connectivity index (χ3v) is 2.44. The van der Waals surface area contributed by atoms with Crippen LogP contribution in [0.3, 0.4) is 0 Å². The Labute approximate surface area is 106 Å². The van der Waals surface area contributed by atoms with Gasteiger partial charge in [-0.05, 0) is 13.8 Å². The van der Waals surface area contributed by atoms with E-state index < -0.39 is 5.97 Å². The fourth-order valence-corrected chi connectivity index (χ4v) is 1.47. The summed E-state index contributed by atoms with van der Waals surface area (Å²) in [7, 11) is 1.30. The first-order valence-electron chi connectivity index (χ1n) is 5.67. The number of anilines is 1. The zero-order valence-electron chi connectivity index (χ0n) is 10.8. The third-order valence-electron chi connectivity index (χ3n) is 2.44. The highest BCUT2D eigenvalue weighted by molar-refractivity contribution is 5.87. The van der Waals surface area contributed by atoms with Gasteiger partial charge in [0, 0.05) is 13.1 Å². The Morgan fingerprint density at radius 2 is 2.33 bits per heavy atom. The highest BCUT2D eigenvalue weighted by Crippen LogP contribution is 2.12. The van der Waals surface area contributed by atoms with E-state index >= 15 is 0 Å². The molecule has 18 heavy (non-hydrogen) atoms. The van der Waals surface area contributed by atoms with Crippen LogP contribution in [0.4, 0.5) is 5.82 Å². The summed E-state index contributed by atoms with van der Waals surface area (Å²) in [5.74, 6) is -0.0650. The number of carbonyl (C=O) groups is 1. The van der Waals surface area contributed by atoms with E-state index in [1.807, 2.05) is 18.7 Å². The fraction of sp³-hybridized carbons (Fsp3) is 0.500. The number of hydrogen-bond acceptors (Lipinski definition) is 6. The van der Waals surface area contributed by atoms with Crippen molar-refractivity contribution in [2.45, 2.75) is 13.8 Å². The topological polar surface area (TPSA) is 79.1 Å². The molecule has 96 valence electrons. The summed E-state index contributed by atoms with van der Waals surface area (Å²) in [4.78, 5) is 21.4. The SMILES string of the molecule is CCN(CC(C)C#N)c1cncc(C(=O)OC)n1. The summed E-state index contributed by atoms with van der Waals surface area (Å²) >= 11 is 0. The van der Waals surface area contributed by atoms with Gasteiger partial charge in [0.25, 0.3) is 0 Å². The minimum Gasteiger partial charge on any atom is -0.464 e. The second kappa shape index (κ2) is 6.55. The molecule has 1 aromatic rings. The number of methoxy groups -OCH3 is 1. The van der Waals surface area contributed by atoms with Gasteiger partial charge in [0.05, 0.1) is 31.5 Å². The Morgan fingerprint density at radius 3 is 2.89 bits per heavy atom. The molecule has 0 aliphatic rings. The molecule has 0 saturated carbocycles. The normalized spacial score (nSPS) is 11.4. The van der Waals surface area contributed by atoms with Gasteiger partial charge in [0.1, 0.15) is 5.82 Å². The Hall–Kier alpha value is -2.16. The molecule has 0 bridgehead atoms. The molecule has 0 aromatic carbocycles. The molecule has 1 heterocycles. The van der Waals surface area contributed by atoms with E-state index in [0.717, 1.165) is 0 Å². The van der Waals surface area contributed by atoms with Crippen LogP contribution in [0.25, 0.3) is 0 Å². The van der Waals surface area contributed by atoms with E-state index in [1.165, 1.54) is 13.3 Å². The Morgan fingerprint density at radius 1 is 1.61 bits per heavy atom. The number of rotatable bonds is 5. The molecule has 1 rings (SSSR count). The summed E-state index contributed by atoms with van der Waals surface area (Å²) in [5.41, 5.74) is 0.165. The first kappa shape index (κ1) is 13.9. The molecule has 1 atom stereocenters. The largest absolute Gasteiger partial charge is 0.464 e. The summed E-state index contributed by atoms with van der Waals surface area (Å²) in [6, 6.07) is 2.17. The van der Waals surface area contributed by atoms with Crippen LogP contribution in [-0.2, 0) is 4.74 Å². The van der Waals surface area contributed by atoms with Crippen molar-refractivity contribution in [3.8, 4) is 6.07 Å². The van der Waals surface area contributed by atoms with Gasteiger partial charge in [-0.3, -0.25) is 4.98 Å². The predicted octanol–water partition coefficient (Wildman–Crippen LogP) is 1.25. The summed E-state index contributed by atoms with van der Waals surface area (Å²) in [5, 5.41) is 8.82. The summed E-state index contributed by atoms with van der Waals surface area (Å²) < 4.78 is 4.59. The molecular weight excluding hydrogens is 232 g/mol. The van der Waals surface area contributed by atoms with Gasteiger partial charge in [-0.25, -0.2) is 9.78 Å². The molecule has 0 saturated heterocycles. The molecule has 0 amide bonds. The maximum Gasteiger partial charge on any atom is 0.358 e. The van der Waals surface area contributed by atoms with Crippen LogP contribution in [-0.4, -0.2) is 36.1 Å². The number of nitrogens with zero attached hydrogens (tertiary/aromatic N) is 4. The molecule has 0 spiro atoms. The number of carbonyl (C=O) groups excluding carboxylic acids is 1. The van der Waals surface area contributed by atoms with Crippen molar-refractivity contribution in [3.05, 3.63) is 18.1 Å². The standard InChI is InChI=1S/C12H16N4O2/c1-4-16(8-9(2)5-13)11-7-14-6-10(15-11)12(17)18-3/h6-7,9H,4,8H2,1-3H3. The maximum absolute atomic E-state index is 11.4. The van der Waals surface area contributed by atoms with Gasteiger partial charge in [-0.15, -0.1) is 0 Å². The first-order valence-corrected chi connectivity index (χ1v) is 5.67. The second-order valence-corrected chi connectivity index (χ2v) is 3.82. The van der Waals surface area contributed by atoms with Crippen LogP contribution in [0.1, 0.15) is 24.3 Å². The lowest BCUT2D eigenvalue weighted by atomic mass is 10.2. The quantitative estimate of drug-likeness (QED) is 0.730. The van der Waals surface area contributed by atoms with Crippen molar-refractivity contribution < 1.29 is 9.53 Å². The molecule has 0 aliphatic heterocycles. The van der Waals surface area contributed by atoms with Crippen molar-refractivity contribution in [3.63, 3.8) is 0 Å². The molecule has 1 aromatic heterocycles. The first-order chi connectivity index (χ1) is 8.62. The Bertz CT molecular complexity index is 456. The van der Waals surface area contributed by atoms with Crippen LogP contribution in [0.2, 0.25) is 0 Å². The summed E-state index contributed by atoms with van der Waals surface area (Å²) in [6.45, 7) is 5.02. The number of aromatic nitrogens is 2. The average Bonchev–Trinajstić information content (AvgIpc) is 2.43. The minimum absolute atomic E-state index is 0.117. The number of nitriles is 1. The zero-order valence-corrected chi connectivity index (χ0v) is 10.8. The predicted molar refractivity (Wildman–Crippen MR) is 66.0 cm³/mol. The Balaban J connectivity index is 2.93. The van der Waals surface area contributed by atoms with Crippen LogP contribution in [0.15, 0.2) is 12.4 Å². The van der Waals surface area contributed by atoms with Crippen molar-refractivity contribution in [1.29, 1.82) is 5.26 Å². The van der Waals surface area contributed by atoms with E-state index in [9.17, 15) is 4.79 Å².